The SMILES string of the molecule is CC1(C)OB(c2ccc(-n3c4ccccc4c4cnccc43)cc2)OC1(C)C. The van der Waals surface area contributed by atoms with Gasteiger partial charge in [0.15, 0.2) is 0 Å². The van der Waals surface area contributed by atoms with E-state index in [4.69, 9.17) is 9.31 Å². The Hall–Kier alpha value is -2.63. The maximum atomic E-state index is 6.18. The van der Waals surface area contributed by atoms with Gasteiger partial charge in [0.1, 0.15) is 0 Å². The first-order chi connectivity index (χ1) is 13.4. The zero-order valence-corrected chi connectivity index (χ0v) is 16.6. The normalized spacial score (nSPS) is 18.2. The summed E-state index contributed by atoms with van der Waals surface area (Å²) in [4.78, 5) is 4.32. The monoisotopic (exact) mass is 370 g/mol. The molecule has 3 heterocycles. The van der Waals surface area contributed by atoms with Crippen molar-refractivity contribution in [1.29, 1.82) is 0 Å². The van der Waals surface area contributed by atoms with Gasteiger partial charge in [0.25, 0.3) is 0 Å². The van der Waals surface area contributed by atoms with Crippen molar-refractivity contribution in [3.05, 3.63) is 67.0 Å². The Morgan fingerprint density at radius 3 is 2.14 bits per heavy atom. The number of benzene rings is 2. The number of hydrogen-bond acceptors (Lipinski definition) is 3. The number of hydrogen-bond donors (Lipinski definition) is 0. The van der Waals surface area contributed by atoms with E-state index in [1.165, 1.54) is 10.9 Å². The summed E-state index contributed by atoms with van der Waals surface area (Å²) in [5, 5.41) is 2.37. The van der Waals surface area contributed by atoms with Gasteiger partial charge in [-0.25, -0.2) is 0 Å². The first kappa shape index (κ1) is 17.5. The lowest BCUT2D eigenvalue weighted by Crippen LogP contribution is -2.41. The maximum Gasteiger partial charge on any atom is 0.494 e. The Morgan fingerprint density at radius 1 is 0.786 bits per heavy atom. The molecule has 28 heavy (non-hydrogen) atoms. The minimum atomic E-state index is -0.346. The quantitative estimate of drug-likeness (QED) is 0.488. The molecule has 0 radical (unpaired) electrons. The van der Waals surface area contributed by atoms with Crippen LogP contribution >= 0.6 is 0 Å². The number of nitrogens with zero attached hydrogens (tertiary/aromatic N) is 2. The van der Waals surface area contributed by atoms with Gasteiger partial charge in [-0.3, -0.25) is 4.98 Å². The highest BCUT2D eigenvalue weighted by atomic mass is 16.7. The maximum absolute atomic E-state index is 6.18. The van der Waals surface area contributed by atoms with Crippen molar-refractivity contribution in [2.75, 3.05) is 0 Å². The van der Waals surface area contributed by atoms with Crippen molar-refractivity contribution in [2.24, 2.45) is 0 Å². The van der Waals surface area contributed by atoms with Crippen LogP contribution in [-0.2, 0) is 9.31 Å². The van der Waals surface area contributed by atoms with Gasteiger partial charge in [0.2, 0.25) is 0 Å². The molecule has 0 spiro atoms. The van der Waals surface area contributed by atoms with Gasteiger partial charge in [-0.1, -0.05) is 30.3 Å². The van der Waals surface area contributed by atoms with Crippen LogP contribution in [0, 0.1) is 0 Å². The molecule has 0 aliphatic carbocycles. The van der Waals surface area contributed by atoms with E-state index in [1.54, 1.807) is 0 Å². The zero-order chi connectivity index (χ0) is 19.5. The van der Waals surface area contributed by atoms with Gasteiger partial charge < -0.3 is 13.9 Å². The topological polar surface area (TPSA) is 36.3 Å². The molecule has 0 N–H and O–H groups in total. The summed E-state index contributed by atoms with van der Waals surface area (Å²) in [5.41, 5.74) is 3.79. The predicted octanol–water partition coefficient (Wildman–Crippen LogP) is 4.48. The third kappa shape index (κ3) is 2.50. The Morgan fingerprint density at radius 2 is 1.43 bits per heavy atom. The fourth-order valence-corrected chi connectivity index (χ4v) is 3.85. The molecule has 4 nitrogen and oxygen atoms in total. The summed E-state index contributed by atoms with van der Waals surface area (Å²) >= 11 is 0. The largest absolute Gasteiger partial charge is 0.494 e. The molecular weight excluding hydrogens is 347 g/mol. The second-order valence-electron chi connectivity index (χ2n) is 8.43. The number of fused-ring (bicyclic) bond motifs is 3. The number of aromatic nitrogens is 2. The lowest BCUT2D eigenvalue weighted by atomic mass is 9.79. The molecular formula is C23H23BN2O2. The Balaban J connectivity index is 1.59. The predicted molar refractivity (Wildman–Crippen MR) is 114 cm³/mol. The van der Waals surface area contributed by atoms with Crippen LogP contribution in [0.15, 0.2) is 67.0 Å². The van der Waals surface area contributed by atoms with E-state index >= 15 is 0 Å². The molecule has 0 unspecified atom stereocenters. The lowest BCUT2D eigenvalue weighted by Gasteiger charge is -2.32. The van der Waals surface area contributed by atoms with Crippen molar-refractivity contribution < 1.29 is 9.31 Å². The molecule has 5 heteroatoms. The third-order valence-electron chi connectivity index (χ3n) is 6.15. The van der Waals surface area contributed by atoms with Gasteiger partial charge in [0.05, 0.1) is 22.2 Å². The summed E-state index contributed by atoms with van der Waals surface area (Å²) < 4.78 is 14.6. The molecule has 140 valence electrons. The molecule has 0 amide bonds. The zero-order valence-electron chi connectivity index (χ0n) is 16.6. The van der Waals surface area contributed by atoms with E-state index in [2.05, 4.69) is 91.8 Å². The van der Waals surface area contributed by atoms with Crippen LogP contribution in [0.4, 0.5) is 0 Å². The van der Waals surface area contributed by atoms with Crippen LogP contribution in [-0.4, -0.2) is 27.9 Å². The Bertz CT molecular complexity index is 1110. The van der Waals surface area contributed by atoms with Crippen molar-refractivity contribution in [3.63, 3.8) is 0 Å². The minimum absolute atomic E-state index is 0.337. The van der Waals surface area contributed by atoms with Gasteiger partial charge in [-0.15, -0.1) is 0 Å². The van der Waals surface area contributed by atoms with Gasteiger partial charge in [0, 0.05) is 28.9 Å². The van der Waals surface area contributed by atoms with E-state index in [0.717, 1.165) is 22.1 Å². The lowest BCUT2D eigenvalue weighted by molar-refractivity contribution is 0.00578. The highest BCUT2D eigenvalue weighted by molar-refractivity contribution is 6.62. The molecule has 1 saturated heterocycles. The molecule has 5 rings (SSSR count). The molecule has 0 atom stereocenters. The van der Waals surface area contributed by atoms with Crippen LogP contribution in [0.2, 0.25) is 0 Å². The smallest absolute Gasteiger partial charge is 0.399 e. The summed E-state index contributed by atoms with van der Waals surface area (Å²) in [6.07, 6.45) is 3.78. The van der Waals surface area contributed by atoms with Crippen molar-refractivity contribution in [3.8, 4) is 5.69 Å². The molecule has 0 saturated carbocycles. The molecule has 1 aliphatic heterocycles. The average molecular weight is 370 g/mol. The average Bonchev–Trinajstić information content (AvgIpc) is 3.12. The van der Waals surface area contributed by atoms with E-state index in [-0.39, 0.29) is 18.3 Å². The van der Waals surface area contributed by atoms with Gasteiger partial charge >= 0.3 is 7.12 Å². The van der Waals surface area contributed by atoms with Crippen LogP contribution in [0.25, 0.3) is 27.5 Å². The molecule has 2 aromatic carbocycles. The fourth-order valence-electron chi connectivity index (χ4n) is 3.85. The third-order valence-corrected chi connectivity index (χ3v) is 6.15. The van der Waals surface area contributed by atoms with Gasteiger partial charge in [-0.2, -0.15) is 0 Å². The molecule has 1 fully saturated rings. The van der Waals surface area contributed by atoms with Crippen LogP contribution in [0.3, 0.4) is 0 Å². The highest BCUT2D eigenvalue weighted by Gasteiger charge is 2.51. The summed E-state index contributed by atoms with van der Waals surface area (Å²) in [6.45, 7) is 8.31. The highest BCUT2D eigenvalue weighted by Crippen LogP contribution is 2.36. The minimum Gasteiger partial charge on any atom is -0.399 e. The fraction of sp³-hybridized carbons (Fsp3) is 0.261. The summed E-state index contributed by atoms with van der Waals surface area (Å²) in [6, 6.07) is 19.0. The second kappa shape index (κ2) is 5.93. The van der Waals surface area contributed by atoms with E-state index in [0.29, 0.717) is 0 Å². The summed E-state index contributed by atoms with van der Waals surface area (Å²) in [5.74, 6) is 0. The first-order valence-electron chi connectivity index (χ1n) is 9.66. The summed E-state index contributed by atoms with van der Waals surface area (Å²) in [7, 11) is -0.346. The van der Waals surface area contributed by atoms with E-state index in [1.807, 2.05) is 12.4 Å². The van der Waals surface area contributed by atoms with E-state index in [9.17, 15) is 0 Å². The Kier molecular flexibility index (Phi) is 3.70. The number of para-hydroxylation sites is 1. The van der Waals surface area contributed by atoms with Gasteiger partial charge in [-0.05, 0) is 57.4 Å². The molecule has 1 aliphatic rings. The molecule has 2 aromatic heterocycles. The van der Waals surface area contributed by atoms with Crippen molar-refractivity contribution >= 4 is 34.4 Å². The standard InChI is InChI=1S/C23H23BN2O2/c1-22(2)23(3,4)28-24(27-22)16-9-11-17(12-10-16)26-20-8-6-5-7-18(20)19-15-25-14-13-21(19)26/h5-15H,1-4H3. The number of rotatable bonds is 2. The van der Waals surface area contributed by atoms with Crippen molar-refractivity contribution in [1.82, 2.24) is 9.55 Å². The second-order valence-corrected chi connectivity index (χ2v) is 8.43. The first-order valence-corrected chi connectivity index (χ1v) is 9.66. The van der Waals surface area contributed by atoms with Crippen molar-refractivity contribution in [2.45, 2.75) is 38.9 Å². The molecule has 4 aromatic rings. The molecule has 0 bridgehead atoms. The van der Waals surface area contributed by atoms with E-state index < -0.39 is 0 Å². The number of pyridine rings is 1. The van der Waals surface area contributed by atoms with Crippen LogP contribution in [0.1, 0.15) is 27.7 Å². The van der Waals surface area contributed by atoms with Crippen LogP contribution < -0.4 is 5.46 Å². The Labute approximate surface area is 165 Å². The van der Waals surface area contributed by atoms with Crippen LogP contribution in [0.5, 0.6) is 0 Å².